The number of hydrogen-bond acceptors (Lipinski definition) is 4. The molecule has 14 aromatic rings. The lowest BCUT2D eigenvalue weighted by atomic mass is 9.90. The third-order valence-electron chi connectivity index (χ3n) is 13.6. The molecule has 0 amide bonds. The zero-order chi connectivity index (χ0) is 44.7. The summed E-state index contributed by atoms with van der Waals surface area (Å²) >= 11 is 1.84. The van der Waals surface area contributed by atoms with E-state index in [2.05, 4.69) is 199 Å². The highest BCUT2D eigenvalue weighted by Gasteiger charge is 2.22. The molecule has 14 rings (SSSR count). The van der Waals surface area contributed by atoms with Crippen molar-refractivity contribution >= 4 is 85.6 Å². The first-order valence-corrected chi connectivity index (χ1v) is 23.8. The van der Waals surface area contributed by atoms with Crippen LogP contribution in [-0.2, 0) is 0 Å². The minimum Gasteiger partial charge on any atom is -0.309 e. The molecule has 0 atom stereocenters. The van der Waals surface area contributed by atoms with Crippen molar-refractivity contribution in [3.05, 3.63) is 231 Å². The van der Waals surface area contributed by atoms with Gasteiger partial charge in [0.15, 0.2) is 17.5 Å². The van der Waals surface area contributed by atoms with E-state index in [0.29, 0.717) is 17.5 Å². The van der Waals surface area contributed by atoms with E-state index >= 15 is 0 Å². The Kier molecular flexibility index (Phi) is 8.73. The van der Waals surface area contributed by atoms with Crippen molar-refractivity contribution in [1.29, 1.82) is 0 Å². The van der Waals surface area contributed by atoms with Gasteiger partial charge in [0, 0.05) is 58.9 Å². The molecule has 0 N–H and O–H groups in total. The maximum absolute atomic E-state index is 5.34. The molecule has 4 nitrogen and oxygen atoms in total. The summed E-state index contributed by atoms with van der Waals surface area (Å²) in [6.07, 6.45) is 0. The first kappa shape index (κ1) is 38.5. The summed E-state index contributed by atoms with van der Waals surface area (Å²) in [6, 6.07) is 83.0. The van der Waals surface area contributed by atoms with Crippen LogP contribution in [0.2, 0.25) is 0 Å². The molecule has 316 valence electrons. The lowest BCUT2D eigenvalue weighted by molar-refractivity contribution is 1.07. The van der Waals surface area contributed by atoms with Crippen molar-refractivity contribution in [1.82, 2.24) is 19.5 Å². The van der Waals surface area contributed by atoms with E-state index in [-0.39, 0.29) is 0 Å². The van der Waals surface area contributed by atoms with Crippen molar-refractivity contribution in [2.45, 2.75) is 0 Å². The van der Waals surface area contributed by atoms with Crippen LogP contribution in [0.15, 0.2) is 231 Å². The number of aromatic nitrogens is 4. The van der Waals surface area contributed by atoms with E-state index in [9.17, 15) is 0 Å². The summed E-state index contributed by atoms with van der Waals surface area (Å²) in [7, 11) is 0. The summed E-state index contributed by atoms with van der Waals surface area (Å²) < 4.78 is 4.89. The van der Waals surface area contributed by atoms with Crippen LogP contribution in [0.4, 0.5) is 0 Å². The molecule has 0 unspecified atom stereocenters. The third-order valence-corrected chi connectivity index (χ3v) is 14.8. The van der Waals surface area contributed by atoms with Crippen molar-refractivity contribution < 1.29 is 0 Å². The van der Waals surface area contributed by atoms with Gasteiger partial charge in [-0.1, -0.05) is 182 Å². The Morgan fingerprint density at radius 3 is 1.37 bits per heavy atom. The van der Waals surface area contributed by atoms with Crippen LogP contribution in [0, 0.1) is 0 Å². The number of para-hydroxylation sites is 2. The fourth-order valence-corrected chi connectivity index (χ4v) is 11.7. The number of nitrogens with zero attached hydrogens (tertiary/aromatic N) is 4. The molecule has 3 aromatic heterocycles. The minimum absolute atomic E-state index is 0.617. The zero-order valence-corrected chi connectivity index (χ0v) is 37.5. The van der Waals surface area contributed by atoms with E-state index in [4.69, 9.17) is 15.0 Å². The Hall–Kier alpha value is -8.77. The molecule has 5 heteroatoms. The van der Waals surface area contributed by atoms with Crippen LogP contribution in [0.25, 0.3) is 136 Å². The Balaban J connectivity index is 1.09. The van der Waals surface area contributed by atoms with Crippen molar-refractivity contribution in [3.63, 3.8) is 0 Å². The molecule has 0 aliphatic heterocycles. The molecular formula is C63H38N4S. The zero-order valence-electron chi connectivity index (χ0n) is 36.6. The van der Waals surface area contributed by atoms with Gasteiger partial charge in [-0.25, -0.2) is 15.0 Å². The van der Waals surface area contributed by atoms with Crippen molar-refractivity contribution in [3.8, 4) is 62.1 Å². The highest BCUT2D eigenvalue weighted by atomic mass is 32.1. The van der Waals surface area contributed by atoms with E-state index in [0.717, 1.165) is 44.6 Å². The fourth-order valence-electron chi connectivity index (χ4n) is 10.5. The number of thiophene rings is 1. The summed E-state index contributed by atoms with van der Waals surface area (Å²) in [4.78, 5) is 15.8. The third kappa shape index (κ3) is 6.10. The molecule has 11 aromatic carbocycles. The quantitative estimate of drug-likeness (QED) is 0.156. The van der Waals surface area contributed by atoms with Gasteiger partial charge < -0.3 is 4.57 Å². The first-order valence-electron chi connectivity index (χ1n) is 23.0. The van der Waals surface area contributed by atoms with Crippen LogP contribution in [0.1, 0.15) is 0 Å². The highest BCUT2D eigenvalue weighted by molar-refractivity contribution is 7.26. The Bertz CT molecular complexity index is 4180. The predicted molar refractivity (Wildman–Crippen MR) is 287 cm³/mol. The summed E-state index contributed by atoms with van der Waals surface area (Å²) in [5.74, 6) is 1.88. The van der Waals surface area contributed by atoms with Crippen LogP contribution in [0.5, 0.6) is 0 Å². The highest BCUT2D eigenvalue weighted by Crippen LogP contribution is 2.47. The van der Waals surface area contributed by atoms with Gasteiger partial charge in [-0.2, -0.15) is 0 Å². The van der Waals surface area contributed by atoms with Gasteiger partial charge in [0.2, 0.25) is 0 Å². The van der Waals surface area contributed by atoms with E-state index in [1.807, 2.05) is 47.7 Å². The Labute approximate surface area is 395 Å². The molecule has 0 aliphatic carbocycles. The summed E-state index contributed by atoms with van der Waals surface area (Å²) in [5.41, 5.74) is 10.7. The molecule has 0 radical (unpaired) electrons. The van der Waals surface area contributed by atoms with Crippen LogP contribution in [-0.4, -0.2) is 19.5 Å². The lowest BCUT2D eigenvalue weighted by Crippen LogP contribution is -2.01. The topological polar surface area (TPSA) is 43.6 Å². The van der Waals surface area contributed by atoms with Gasteiger partial charge in [-0.05, 0) is 97.5 Å². The Morgan fingerprint density at radius 1 is 0.279 bits per heavy atom. The summed E-state index contributed by atoms with van der Waals surface area (Å²) in [5, 5.41) is 12.4. The molecule has 0 fully saturated rings. The average molecular weight is 883 g/mol. The average Bonchev–Trinajstić information content (AvgIpc) is 3.97. The van der Waals surface area contributed by atoms with Gasteiger partial charge in [-0.15, -0.1) is 11.3 Å². The number of rotatable bonds is 6. The monoisotopic (exact) mass is 882 g/mol. The normalized spacial score (nSPS) is 11.8. The fraction of sp³-hybridized carbons (Fsp3) is 0. The molecule has 3 heterocycles. The van der Waals surface area contributed by atoms with Gasteiger partial charge in [0.25, 0.3) is 0 Å². The Morgan fingerprint density at radius 2 is 0.750 bits per heavy atom. The molecule has 0 aliphatic rings. The van der Waals surface area contributed by atoms with E-state index in [1.165, 1.54) is 74.3 Å². The predicted octanol–water partition coefficient (Wildman–Crippen LogP) is 17.1. The molecule has 0 saturated carbocycles. The van der Waals surface area contributed by atoms with Crippen LogP contribution < -0.4 is 0 Å². The molecule has 0 saturated heterocycles. The molecule has 0 spiro atoms. The largest absolute Gasteiger partial charge is 0.309 e. The number of hydrogen-bond donors (Lipinski definition) is 0. The first-order chi connectivity index (χ1) is 33.7. The SMILES string of the molecule is c1ccc(-c2nc(-c3ccccc3)nc(-c3ccc(-c4ccc5c6ccccc6c6ccccc6c5c4)cc3-c3cc(-n4c5ccccc5c5ccccc54)cc4c3sc3ccccc34)n2)cc1. The summed E-state index contributed by atoms with van der Waals surface area (Å²) in [6.45, 7) is 0. The smallest absolute Gasteiger partial charge is 0.164 e. The van der Waals surface area contributed by atoms with Gasteiger partial charge in [-0.3, -0.25) is 0 Å². The van der Waals surface area contributed by atoms with E-state index in [1.54, 1.807) is 0 Å². The maximum atomic E-state index is 5.34. The minimum atomic E-state index is 0.617. The number of benzene rings is 11. The molecule has 0 bridgehead atoms. The van der Waals surface area contributed by atoms with Crippen LogP contribution >= 0.6 is 11.3 Å². The van der Waals surface area contributed by atoms with Crippen LogP contribution in [0.3, 0.4) is 0 Å². The van der Waals surface area contributed by atoms with Gasteiger partial charge in [0.05, 0.1) is 11.0 Å². The maximum Gasteiger partial charge on any atom is 0.164 e. The van der Waals surface area contributed by atoms with Gasteiger partial charge >= 0.3 is 0 Å². The number of fused-ring (bicyclic) bond motifs is 12. The molecular weight excluding hydrogens is 845 g/mol. The van der Waals surface area contributed by atoms with Crippen molar-refractivity contribution in [2.75, 3.05) is 0 Å². The second kappa shape index (κ2) is 15.4. The second-order valence-corrected chi connectivity index (χ2v) is 18.5. The van der Waals surface area contributed by atoms with Crippen molar-refractivity contribution in [2.24, 2.45) is 0 Å². The van der Waals surface area contributed by atoms with Gasteiger partial charge in [0.1, 0.15) is 0 Å². The second-order valence-electron chi connectivity index (χ2n) is 17.5. The lowest BCUT2D eigenvalue weighted by Gasteiger charge is -2.17. The standard InChI is InChI=1S/C63H38N4S/c1-3-17-39(18-4-1)61-64-62(40-19-5-2-6-20-40)66-63(65-61)52-34-32-42(41-31-33-48-46-23-8-7-21-44(46)45-22-9-10-24-47(45)53(48)35-41)36-54(52)56-38-43(37-55-51-27-13-16-30-59(51)68-60(55)56)67-57-28-14-11-25-49(57)50-26-12-15-29-58(50)67/h1-38H. The molecule has 68 heavy (non-hydrogen) atoms. The van der Waals surface area contributed by atoms with E-state index < -0.39 is 0 Å².